The second-order valence-electron chi connectivity index (χ2n) is 8.96. The first kappa shape index (κ1) is 27.3. The normalized spacial score (nSPS) is 11.3. The van der Waals surface area contributed by atoms with Gasteiger partial charge >= 0.3 is 11.9 Å². The van der Waals surface area contributed by atoms with Gasteiger partial charge in [-0.05, 0) is 73.4 Å². The maximum Gasteiger partial charge on any atom is 0.343 e. The van der Waals surface area contributed by atoms with Gasteiger partial charge in [-0.3, -0.25) is 0 Å². The lowest BCUT2D eigenvalue weighted by molar-refractivity contribution is -0.138. The van der Waals surface area contributed by atoms with E-state index in [4.69, 9.17) is 9.47 Å². The first-order valence-electron chi connectivity index (χ1n) is 12.9. The molecule has 0 aromatic heterocycles. The van der Waals surface area contributed by atoms with E-state index in [1.165, 1.54) is 0 Å². The lowest BCUT2D eigenvalue weighted by Crippen LogP contribution is -2.30. The van der Waals surface area contributed by atoms with Crippen molar-refractivity contribution in [3.63, 3.8) is 0 Å². The molecule has 1 unspecified atom stereocenters. The highest BCUT2D eigenvalue weighted by molar-refractivity contribution is 5.92. The molecule has 0 bridgehead atoms. The highest BCUT2D eigenvalue weighted by Gasteiger charge is 2.20. The van der Waals surface area contributed by atoms with Crippen LogP contribution < -0.4 is 20.1 Å². The number of aryl methyl sites for hydroxylation is 1. The number of ether oxygens (including phenoxy) is 2. The molecule has 0 aliphatic carbocycles. The van der Waals surface area contributed by atoms with Gasteiger partial charge in [-0.25, -0.2) is 9.59 Å². The molecule has 4 aromatic carbocycles. The number of hydrogen-bond donors (Lipinski definition) is 3. The molecular formula is C32H32N2O5. The van der Waals surface area contributed by atoms with Crippen molar-refractivity contribution in [2.45, 2.75) is 25.3 Å². The Hall–Kier alpha value is -4.78. The highest BCUT2D eigenvalue weighted by Crippen LogP contribution is 2.26. The fourth-order valence-corrected chi connectivity index (χ4v) is 3.97. The van der Waals surface area contributed by atoms with Crippen LogP contribution in [0.25, 0.3) is 0 Å². The third-order valence-electron chi connectivity index (χ3n) is 6.06. The Morgan fingerprint density at radius 1 is 0.795 bits per heavy atom. The van der Waals surface area contributed by atoms with Crippen molar-refractivity contribution >= 4 is 23.3 Å². The van der Waals surface area contributed by atoms with Gasteiger partial charge in [0, 0.05) is 12.2 Å². The zero-order valence-corrected chi connectivity index (χ0v) is 21.6. The van der Waals surface area contributed by atoms with E-state index in [1.54, 1.807) is 48.5 Å². The topological polar surface area (TPSA) is 96.9 Å². The number of esters is 1. The van der Waals surface area contributed by atoms with Crippen LogP contribution in [0.15, 0.2) is 109 Å². The van der Waals surface area contributed by atoms with E-state index in [1.807, 2.05) is 60.7 Å². The van der Waals surface area contributed by atoms with E-state index >= 15 is 0 Å². The fourth-order valence-electron chi connectivity index (χ4n) is 3.97. The average Bonchev–Trinajstić information content (AvgIpc) is 2.97. The summed E-state index contributed by atoms with van der Waals surface area (Å²) in [7, 11) is 0. The first-order valence-corrected chi connectivity index (χ1v) is 12.9. The van der Waals surface area contributed by atoms with Gasteiger partial charge in [0.2, 0.25) is 0 Å². The molecule has 0 radical (unpaired) electrons. The highest BCUT2D eigenvalue weighted by atomic mass is 16.5. The number of carboxylic acid groups (broad SMARTS) is 1. The van der Waals surface area contributed by atoms with Gasteiger partial charge in [0.25, 0.3) is 0 Å². The number of benzene rings is 4. The number of carbonyl (C=O) groups is 2. The van der Waals surface area contributed by atoms with Crippen LogP contribution in [-0.4, -0.2) is 36.2 Å². The minimum atomic E-state index is -0.983. The molecule has 0 spiro atoms. The summed E-state index contributed by atoms with van der Waals surface area (Å²) in [4.78, 5) is 24.5. The smallest absolute Gasteiger partial charge is 0.343 e. The summed E-state index contributed by atoms with van der Waals surface area (Å²) in [6.07, 6.45) is 1.77. The van der Waals surface area contributed by atoms with Crippen LogP contribution in [0.2, 0.25) is 0 Å². The van der Waals surface area contributed by atoms with Crippen LogP contribution in [0.4, 0.5) is 11.4 Å². The Labute approximate surface area is 228 Å². The van der Waals surface area contributed by atoms with Gasteiger partial charge in [-0.15, -0.1) is 0 Å². The molecule has 0 aliphatic rings. The third-order valence-corrected chi connectivity index (χ3v) is 6.06. The minimum absolute atomic E-state index is 0.276. The Balaban J connectivity index is 1.26. The molecule has 39 heavy (non-hydrogen) atoms. The molecule has 4 aromatic rings. The molecule has 0 aliphatic heterocycles. The monoisotopic (exact) mass is 524 g/mol. The van der Waals surface area contributed by atoms with E-state index in [0.717, 1.165) is 30.0 Å². The van der Waals surface area contributed by atoms with Crippen molar-refractivity contribution in [1.82, 2.24) is 0 Å². The number of para-hydroxylation sites is 3. The summed E-state index contributed by atoms with van der Waals surface area (Å²) in [5, 5.41) is 16.2. The summed E-state index contributed by atoms with van der Waals surface area (Å²) in [5.41, 5.74) is 2.95. The zero-order valence-electron chi connectivity index (χ0n) is 21.6. The fraction of sp³-hybridized carbons (Fsp3) is 0.188. The molecular weight excluding hydrogens is 492 g/mol. The van der Waals surface area contributed by atoms with Crippen molar-refractivity contribution < 1.29 is 24.2 Å². The van der Waals surface area contributed by atoms with Gasteiger partial charge in [0.05, 0.1) is 17.9 Å². The summed E-state index contributed by atoms with van der Waals surface area (Å²) in [6.45, 7) is 1.42. The average molecular weight is 525 g/mol. The van der Waals surface area contributed by atoms with E-state index in [9.17, 15) is 14.7 Å². The summed E-state index contributed by atoms with van der Waals surface area (Å²) >= 11 is 0. The van der Waals surface area contributed by atoms with Crippen molar-refractivity contribution in [3.8, 4) is 11.5 Å². The van der Waals surface area contributed by atoms with Crippen LogP contribution in [0, 0.1) is 0 Å². The number of carboxylic acids is 1. The quantitative estimate of drug-likeness (QED) is 0.101. The largest absolute Gasteiger partial charge is 0.494 e. The molecule has 0 saturated heterocycles. The Morgan fingerprint density at radius 2 is 1.46 bits per heavy atom. The molecule has 0 fully saturated rings. The molecule has 7 nitrogen and oxygen atoms in total. The number of rotatable bonds is 14. The molecule has 200 valence electrons. The van der Waals surface area contributed by atoms with Crippen LogP contribution in [0.5, 0.6) is 11.5 Å². The van der Waals surface area contributed by atoms with Gasteiger partial charge in [-0.1, -0.05) is 60.7 Å². The van der Waals surface area contributed by atoms with E-state index in [2.05, 4.69) is 10.6 Å². The summed E-state index contributed by atoms with van der Waals surface area (Å²) in [6, 6.07) is 32.4. The lowest BCUT2D eigenvalue weighted by atomic mass is 10.0. The van der Waals surface area contributed by atoms with Gasteiger partial charge in [-0.2, -0.15) is 0 Å². The third kappa shape index (κ3) is 8.64. The van der Waals surface area contributed by atoms with Crippen molar-refractivity contribution in [3.05, 3.63) is 120 Å². The van der Waals surface area contributed by atoms with Crippen LogP contribution >= 0.6 is 0 Å². The van der Waals surface area contributed by atoms with Crippen LogP contribution in [0.3, 0.4) is 0 Å². The van der Waals surface area contributed by atoms with Crippen LogP contribution in [0.1, 0.15) is 28.8 Å². The van der Waals surface area contributed by atoms with Crippen LogP contribution in [-0.2, 0) is 11.2 Å². The molecule has 4 rings (SSSR count). The van der Waals surface area contributed by atoms with E-state index in [0.29, 0.717) is 30.7 Å². The number of anilines is 2. The van der Waals surface area contributed by atoms with Crippen molar-refractivity contribution in [2.75, 3.05) is 23.8 Å². The Morgan fingerprint density at radius 3 is 2.18 bits per heavy atom. The summed E-state index contributed by atoms with van der Waals surface area (Å²) in [5.74, 6) is -0.437. The second kappa shape index (κ2) is 14.2. The maximum atomic E-state index is 12.5. The lowest BCUT2D eigenvalue weighted by Gasteiger charge is -2.18. The molecule has 0 saturated carbocycles. The van der Waals surface area contributed by atoms with E-state index < -0.39 is 18.0 Å². The molecule has 7 heteroatoms. The number of carbonyl (C=O) groups excluding carboxylic acids is 1. The SMILES string of the molecule is O=C(Oc1ccccc1NC(CCc1ccc(OCCCNc2ccccc2)cc1)C(=O)O)c1ccccc1. The second-order valence-corrected chi connectivity index (χ2v) is 8.96. The maximum absolute atomic E-state index is 12.5. The van der Waals surface area contributed by atoms with Crippen molar-refractivity contribution in [1.29, 1.82) is 0 Å². The minimum Gasteiger partial charge on any atom is -0.494 e. The number of hydrogen-bond acceptors (Lipinski definition) is 6. The number of aliphatic carboxylic acids is 1. The van der Waals surface area contributed by atoms with Gasteiger partial charge in [0.1, 0.15) is 11.8 Å². The van der Waals surface area contributed by atoms with Gasteiger partial charge < -0.3 is 25.2 Å². The predicted molar refractivity (Wildman–Crippen MR) is 153 cm³/mol. The zero-order chi connectivity index (χ0) is 27.3. The van der Waals surface area contributed by atoms with Gasteiger partial charge in [0.15, 0.2) is 5.75 Å². The Bertz CT molecular complexity index is 1330. The standard InChI is InChI=1S/C32H32N2O5/c35-31(36)29(34-28-14-7-8-15-30(28)39-32(37)25-10-3-1-4-11-25)21-18-24-16-19-27(20-17-24)38-23-9-22-33-26-12-5-2-6-13-26/h1-8,10-17,19-20,29,33-34H,9,18,21-23H2,(H,35,36). The molecule has 0 heterocycles. The number of nitrogens with one attached hydrogen (secondary N) is 2. The first-order chi connectivity index (χ1) is 19.1. The Kier molecular flexibility index (Phi) is 9.95. The van der Waals surface area contributed by atoms with Crippen molar-refractivity contribution in [2.24, 2.45) is 0 Å². The summed E-state index contributed by atoms with van der Waals surface area (Å²) < 4.78 is 11.4. The molecule has 0 amide bonds. The molecule has 3 N–H and O–H groups in total. The molecule has 1 atom stereocenters. The van der Waals surface area contributed by atoms with E-state index in [-0.39, 0.29) is 5.75 Å². The predicted octanol–water partition coefficient (Wildman–Crippen LogP) is 6.28.